The second-order valence-corrected chi connectivity index (χ2v) is 5.43. The Morgan fingerprint density at radius 1 is 1.46 bits per heavy atom. The van der Waals surface area contributed by atoms with Gasteiger partial charge in [0, 0.05) is 11.8 Å². The van der Waals surface area contributed by atoms with Crippen molar-refractivity contribution in [3.05, 3.63) is 46.3 Å². The molecule has 0 bridgehead atoms. The van der Waals surface area contributed by atoms with E-state index in [1.807, 2.05) is 30.3 Å². The molecule has 1 aliphatic rings. The van der Waals surface area contributed by atoms with Gasteiger partial charge in [0.1, 0.15) is 6.10 Å². The van der Waals surface area contributed by atoms with Crippen LogP contribution in [-0.4, -0.2) is 53.3 Å². The number of carbonyl (C=O) groups excluding carboxylic acids is 1. The number of nitrogens with zero attached hydrogens (tertiary/aromatic N) is 3. The van der Waals surface area contributed by atoms with Crippen LogP contribution in [-0.2, 0) is 20.9 Å². The van der Waals surface area contributed by atoms with Crippen molar-refractivity contribution in [2.24, 2.45) is 5.11 Å². The largest absolute Gasteiger partial charge is 0.394 e. The average Bonchev–Trinajstić information content (AvgIpc) is 2.58. The summed E-state index contributed by atoms with van der Waals surface area (Å²) in [6.45, 7) is 1.02. The molecule has 0 aliphatic carbocycles. The van der Waals surface area contributed by atoms with Crippen LogP contribution in [0.3, 0.4) is 0 Å². The standard InChI is InChI=1S/C15H20N4O5/c1-9(21)17-13-12(18-19-16)14(22)11(7-20)24-15(13)23-8-10-5-3-2-4-6-10/h2-6,11-15,20,22H,7-8H2,1H3,(H,17,21)/t11-,12?,13-,14-,15-/m1/s1. The lowest BCUT2D eigenvalue weighted by Crippen LogP contribution is -2.63. The lowest BCUT2D eigenvalue weighted by atomic mass is 9.95. The lowest BCUT2D eigenvalue weighted by Gasteiger charge is -2.42. The fourth-order valence-corrected chi connectivity index (χ4v) is 2.57. The van der Waals surface area contributed by atoms with Crippen LogP contribution < -0.4 is 5.32 Å². The van der Waals surface area contributed by atoms with E-state index in [4.69, 9.17) is 15.0 Å². The molecule has 1 amide bonds. The molecular formula is C15H20N4O5. The molecular weight excluding hydrogens is 316 g/mol. The summed E-state index contributed by atoms with van der Waals surface area (Å²) in [6, 6.07) is 7.41. The van der Waals surface area contributed by atoms with E-state index >= 15 is 0 Å². The number of nitrogens with one attached hydrogen (secondary N) is 1. The van der Waals surface area contributed by atoms with E-state index in [1.54, 1.807) is 0 Å². The number of hydrogen-bond acceptors (Lipinski definition) is 6. The summed E-state index contributed by atoms with van der Waals surface area (Å²) < 4.78 is 11.2. The van der Waals surface area contributed by atoms with Gasteiger partial charge in [-0.1, -0.05) is 35.4 Å². The minimum Gasteiger partial charge on any atom is -0.394 e. The van der Waals surface area contributed by atoms with Gasteiger partial charge in [-0.25, -0.2) is 0 Å². The molecule has 0 radical (unpaired) electrons. The van der Waals surface area contributed by atoms with Gasteiger partial charge < -0.3 is 25.0 Å². The minimum absolute atomic E-state index is 0.193. The van der Waals surface area contributed by atoms with Crippen molar-refractivity contribution in [2.75, 3.05) is 6.61 Å². The van der Waals surface area contributed by atoms with Crippen molar-refractivity contribution in [2.45, 2.75) is 44.1 Å². The molecule has 3 N–H and O–H groups in total. The fraction of sp³-hybridized carbons (Fsp3) is 0.533. The Kier molecular flexibility index (Phi) is 6.53. The van der Waals surface area contributed by atoms with E-state index in [9.17, 15) is 15.0 Å². The molecule has 9 nitrogen and oxygen atoms in total. The molecule has 1 fully saturated rings. The molecule has 5 atom stereocenters. The van der Waals surface area contributed by atoms with Crippen molar-refractivity contribution in [1.29, 1.82) is 0 Å². The van der Waals surface area contributed by atoms with E-state index in [0.717, 1.165) is 5.56 Å². The Hall–Kier alpha value is -2.16. The number of azide groups is 1. The third-order valence-corrected chi connectivity index (χ3v) is 3.69. The topological polar surface area (TPSA) is 137 Å². The number of hydrogen-bond donors (Lipinski definition) is 3. The molecule has 1 unspecified atom stereocenters. The molecule has 1 aliphatic heterocycles. The number of rotatable bonds is 6. The molecule has 2 rings (SSSR count). The summed E-state index contributed by atoms with van der Waals surface area (Å²) in [5, 5.41) is 25.7. The van der Waals surface area contributed by atoms with Crippen molar-refractivity contribution in [1.82, 2.24) is 5.32 Å². The van der Waals surface area contributed by atoms with Crippen molar-refractivity contribution < 1.29 is 24.5 Å². The van der Waals surface area contributed by atoms with Crippen LogP contribution >= 0.6 is 0 Å². The highest BCUT2D eigenvalue weighted by Crippen LogP contribution is 2.25. The zero-order valence-corrected chi connectivity index (χ0v) is 13.1. The predicted molar refractivity (Wildman–Crippen MR) is 83.5 cm³/mol. The van der Waals surface area contributed by atoms with Crippen LogP contribution in [0.2, 0.25) is 0 Å². The van der Waals surface area contributed by atoms with Gasteiger partial charge in [0.05, 0.1) is 31.4 Å². The van der Waals surface area contributed by atoms with Gasteiger partial charge in [-0.15, -0.1) is 0 Å². The fourth-order valence-electron chi connectivity index (χ4n) is 2.57. The van der Waals surface area contributed by atoms with Gasteiger partial charge in [0.15, 0.2) is 6.29 Å². The smallest absolute Gasteiger partial charge is 0.217 e. The molecule has 1 aromatic rings. The van der Waals surface area contributed by atoms with Gasteiger partial charge in [-0.05, 0) is 11.1 Å². The molecule has 1 saturated heterocycles. The third-order valence-electron chi connectivity index (χ3n) is 3.69. The van der Waals surface area contributed by atoms with Crippen LogP contribution in [0.4, 0.5) is 0 Å². The highest BCUT2D eigenvalue weighted by molar-refractivity contribution is 5.73. The van der Waals surface area contributed by atoms with E-state index in [0.29, 0.717) is 0 Å². The van der Waals surface area contributed by atoms with E-state index < -0.39 is 37.2 Å². The molecule has 0 spiro atoms. The number of benzene rings is 1. The van der Waals surface area contributed by atoms with Gasteiger partial charge in [-0.2, -0.15) is 0 Å². The Bertz CT molecular complexity index is 593. The quantitative estimate of drug-likeness (QED) is 0.394. The molecule has 24 heavy (non-hydrogen) atoms. The van der Waals surface area contributed by atoms with Gasteiger partial charge in [0.2, 0.25) is 5.91 Å². The van der Waals surface area contributed by atoms with Crippen LogP contribution in [0.5, 0.6) is 0 Å². The Morgan fingerprint density at radius 3 is 2.75 bits per heavy atom. The van der Waals surface area contributed by atoms with Crippen molar-refractivity contribution in [3.63, 3.8) is 0 Å². The predicted octanol–water partition coefficient (Wildman–Crippen LogP) is 0.465. The van der Waals surface area contributed by atoms with Gasteiger partial charge in [-0.3, -0.25) is 4.79 Å². The number of aliphatic hydroxyl groups excluding tert-OH is 2. The molecule has 0 saturated carbocycles. The number of carbonyl (C=O) groups is 1. The SMILES string of the molecule is CC(=O)N[C@@H]1C(N=[N+]=[N-])[C@H](O)[C@@H](CO)O[C@H]1OCc1ccccc1. The van der Waals surface area contributed by atoms with Crippen LogP contribution in [0.25, 0.3) is 10.4 Å². The van der Waals surface area contributed by atoms with Gasteiger partial charge >= 0.3 is 0 Å². The second kappa shape index (κ2) is 8.62. The summed E-state index contributed by atoms with van der Waals surface area (Å²) in [6.07, 6.45) is -3.23. The van der Waals surface area contributed by atoms with Crippen molar-refractivity contribution in [3.8, 4) is 0 Å². The summed E-state index contributed by atoms with van der Waals surface area (Å²) in [5.74, 6) is -0.385. The molecule has 130 valence electrons. The van der Waals surface area contributed by atoms with E-state index in [-0.39, 0.29) is 12.5 Å². The highest BCUT2D eigenvalue weighted by atomic mass is 16.7. The zero-order chi connectivity index (χ0) is 17.5. The lowest BCUT2D eigenvalue weighted by molar-refractivity contribution is -0.250. The summed E-state index contributed by atoms with van der Waals surface area (Å²) >= 11 is 0. The third kappa shape index (κ3) is 4.44. The first-order valence-corrected chi connectivity index (χ1v) is 7.48. The first-order chi connectivity index (χ1) is 11.6. The first-order valence-electron chi connectivity index (χ1n) is 7.48. The van der Waals surface area contributed by atoms with Crippen LogP contribution in [0.15, 0.2) is 35.4 Å². The average molecular weight is 336 g/mol. The maximum Gasteiger partial charge on any atom is 0.217 e. The maximum atomic E-state index is 11.5. The monoisotopic (exact) mass is 336 g/mol. The number of aliphatic hydroxyl groups is 2. The summed E-state index contributed by atoms with van der Waals surface area (Å²) in [4.78, 5) is 14.2. The molecule has 1 heterocycles. The second-order valence-electron chi connectivity index (χ2n) is 5.43. The Labute approximate surface area is 138 Å². The van der Waals surface area contributed by atoms with Crippen LogP contribution in [0.1, 0.15) is 12.5 Å². The normalized spacial score (nSPS) is 29.5. The summed E-state index contributed by atoms with van der Waals surface area (Å²) in [5.41, 5.74) is 9.62. The molecule has 9 heteroatoms. The van der Waals surface area contributed by atoms with Crippen molar-refractivity contribution >= 4 is 5.91 Å². The molecule has 1 aromatic carbocycles. The first kappa shape index (κ1) is 18.2. The van der Waals surface area contributed by atoms with Gasteiger partial charge in [0.25, 0.3) is 0 Å². The minimum atomic E-state index is -1.26. The Morgan fingerprint density at radius 2 is 2.17 bits per heavy atom. The number of ether oxygens (including phenoxy) is 2. The van der Waals surface area contributed by atoms with Crippen LogP contribution in [0, 0.1) is 0 Å². The maximum absolute atomic E-state index is 11.5. The summed E-state index contributed by atoms with van der Waals surface area (Å²) in [7, 11) is 0. The van der Waals surface area contributed by atoms with E-state index in [1.165, 1.54) is 6.92 Å². The molecule has 0 aromatic heterocycles. The zero-order valence-electron chi connectivity index (χ0n) is 13.1. The van der Waals surface area contributed by atoms with E-state index in [2.05, 4.69) is 15.3 Å². The number of amides is 1. The Balaban J connectivity index is 2.19. The highest BCUT2D eigenvalue weighted by Gasteiger charge is 2.45.